The largest absolute Gasteiger partial charge is 0.489 e. The highest BCUT2D eigenvalue weighted by molar-refractivity contribution is 6.33. The molecule has 0 fully saturated rings. The number of amides is 1. The fourth-order valence-corrected chi connectivity index (χ4v) is 2.83. The number of hydrogen-bond donors (Lipinski definition) is 1. The first-order valence-electron chi connectivity index (χ1n) is 9.72. The SMILES string of the molecule is CC(OC(=O)/C=C/c1ccc(OCc2ccccc2)cc1)C(=O)Nc1ccccc1Cl. The normalized spacial score (nSPS) is 11.7. The van der Waals surface area contributed by atoms with Gasteiger partial charge in [-0.3, -0.25) is 4.79 Å². The number of nitrogens with one attached hydrogen (secondary N) is 1. The van der Waals surface area contributed by atoms with Crippen molar-refractivity contribution in [3.63, 3.8) is 0 Å². The van der Waals surface area contributed by atoms with Crippen LogP contribution in [0.5, 0.6) is 5.75 Å². The predicted octanol–water partition coefficient (Wildman–Crippen LogP) is 5.50. The maximum Gasteiger partial charge on any atom is 0.331 e. The minimum atomic E-state index is -0.970. The maximum absolute atomic E-state index is 12.2. The molecule has 1 atom stereocenters. The fraction of sp³-hybridized carbons (Fsp3) is 0.120. The van der Waals surface area contributed by atoms with E-state index < -0.39 is 18.0 Å². The van der Waals surface area contributed by atoms with Crippen LogP contribution in [0.4, 0.5) is 5.69 Å². The molecule has 6 heteroatoms. The van der Waals surface area contributed by atoms with E-state index >= 15 is 0 Å². The Hall–Kier alpha value is -3.57. The van der Waals surface area contributed by atoms with Crippen LogP contribution in [0.15, 0.2) is 84.9 Å². The molecule has 3 aromatic carbocycles. The highest BCUT2D eigenvalue weighted by Crippen LogP contribution is 2.21. The summed E-state index contributed by atoms with van der Waals surface area (Å²) in [7, 11) is 0. The van der Waals surface area contributed by atoms with Crippen LogP contribution in [0.1, 0.15) is 18.1 Å². The van der Waals surface area contributed by atoms with Gasteiger partial charge in [-0.2, -0.15) is 0 Å². The standard InChI is InChI=1S/C25H22ClNO4/c1-18(25(29)27-23-10-6-5-9-22(23)26)31-24(28)16-13-19-11-14-21(15-12-19)30-17-20-7-3-2-4-8-20/h2-16,18H,17H2,1H3,(H,27,29)/b16-13+. The molecule has 31 heavy (non-hydrogen) atoms. The molecule has 0 bridgehead atoms. The van der Waals surface area contributed by atoms with E-state index in [1.54, 1.807) is 30.3 Å². The smallest absolute Gasteiger partial charge is 0.331 e. The van der Waals surface area contributed by atoms with Gasteiger partial charge in [0.25, 0.3) is 5.91 Å². The quantitative estimate of drug-likeness (QED) is 0.374. The van der Waals surface area contributed by atoms with Crippen LogP contribution in [0.3, 0.4) is 0 Å². The Balaban J connectivity index is 1.47. The van der Waals surface area contributed by atoms with Crippen LogP contribution in [0.25, 0.3) is 6.08 Å². The van der Waals surface area contributed by atoms with Gasteiger partial charge in [0.1, 0.15) is 12.4 Å². The third-order valence-electron chi connectivity index (χ3n) is 4.33. The number of anilines is 1. The van der Waals surface area contributed by atoms with Gasteiger partial charge >= 0.3 is 5.97 Å². The van der Waals surface area contributed by atoms with Crippen molar-refractivity contribution in [3.8, 4) is 5.75 Å². The number of ether oxygens (including phenoxy) is 2. The van der Waals surface area contributed by atoms with Crippen LogP contribution in [0.2, 0.25) is 5.02 Å². The summed E-state index contributed by atoms with van der Waals surface area (Å²) in [6.07, 6.45) is 1.92. The van der Waals surface area contributed by atoms with E-state index in [2.05, 4.69) is 5.32 Å². The van der Waals surface area contributed by atoms with Crippen LogP contribution >= 0.6 is 11.6 Å². The second-order valence-electron chi connectivity index (χ2n) is 6.72. The van der Waals surface area contributed by atoms with Gasteiger partial charge in [0.15, 0.2) is 6.10 Å². The van der Waals surface area contributed by atoms with Gasteiger partial charge in [-0.25, -0.2) is 4.79 Å². The predicted molar refractivity (Wildman–Crippen MR) is 122 cm³/mol. The molecule has 1 amide bonds. The van der Waals surface area contributed by atoms with Crippen molar-refractivity contribution >= 4 is 35.2 Å². The van der Waals surface area contributed by atoms with E-state index in [1.165, 1.54) is 13.0 Å². The van der Waals surface area contributed by atoms with E-state index in [4.69, 9.17) is 21.1 Å². The lowest BCUT2D eigenvalue weighted by molar-refractivity contribution is -0.148. The lowest BCUT2D eigenvalue weighted by Gasteiger charge is -2.13. The first-order chi connectivity index (χ1) is 15.0. The highest BCUT2D eigenvalue weighted by Gasteiger charge is 2.17. The van der Waals surface area contributed by atoms with Crippen molar-refractivity contribution in [1.82, 2.24) is 0 Å². The van der Waals surface area contributed by atoms with Crippen LogP contribution in [-0.2, 0) is 20.9 Å². The van der Waals surface area contributed by atoms with Gasteiger partial charge < -0.3 is 14.8 Å². The molecule has 0 aliphatic heterocycles. The molecule has 0 saturated carbocycles. The third-order valence-corrected chi connectivity index (χ3v) is 4.66. The number of carbonyl (C=O) groups is 2. The topological polar surface area (TPSA) is 64.6 Å². The third kappa shape index (κ3) is 7.01. The molecule has 0 radical (unpaired) electrons. The zero-order valence-corrected chi connectivity index (χ0v) is 17.7. The monoisotopic (exact) mass is 435 g/mol. The molecule has 5 nitrogen and oxygen atoms in total. The zero-order chi connectivity index (χ0) is 22.1. The minimum absolute atomic E-state index is 0.408. The summed E-state index contributed by atoms with van der Waals surface area (Å²) >= 11 is 6.02. The van der Waals surface area contributed by atoms with Gasteiger partial charge in [0.05, 0.1) is 10.7 Å². The Morgan fingerprint density at radius 2 is 1.65 bits per heavy atom. The lowest BCUT2D eigenvalue weighted by atomic mass is 10.2. The summed E-state index contributed by atoms with van der Waals surface area (Å²) in [5, 5.41) is 3.04. The molecule has 1 unspecified atom stereocenters. The maximum atomic E-state index is 12.2. The number of hydrogen-bond acceptors (Lipinski definition) is 4. The number of esters is 1. The summed E-state index contributed by atoms with van der Waals surface area (Å²) in [4.78, 5) is 24.2. The van der Waals surface area contributed by atoms with Crippen LogP contribution in [0, 0.1) is 0 Å². The first-order valence-corrected chi connectivity index (χ1v) is 10.1. The average molecular weight is 436 g/mol. The molecule has 158 valence electrons. The van der Waals surface area contributed by atoms with Crippen molar-refractivity contribution in [2.24, 2.45) is 0 Å². The molecular formula is C25H22ClNO4. The van der Waals surface area contributed by atoms with Gasteiger partial charge in [0.2, 0.25) is 0 Å². The van der Waals surface area contributed by atoms with Crippen molar-refractivity contribution in [3.05, 3.63) is 101 Å². The molecule has 0 aliphatic rings. The number of rotatable bonds is 8. The summed E-state index contributed by atoms with van der Waals surface area (Å²) < 4.78 is 10.9. The van der Waals surface area contributed by atoms with Crippen LogP contribution < -0.4 is 10.1 Å². The molecule has 3 rings (SSSR count). The van der Waals surface area contributed by atoms with E-state index in [9.17, 15) is 9.59 Å². The lowest BCUT2D eigenvalue weighted by Crippen LogP contribution is -2.29. The van der Waals surface area contributed by atoms with Gasteiger partial charge in [-0.15, -0.1) is 0 Å². The number of carbonyl (C=O) groups excluding carboxylic acids is 2. The van der Waals surface area contributed by atoms with Gasteiger partial charge in [0, 0.05) is 6.08 Å². The zero-order valence-electron chi connectivity index (χ0n) is 17.0. The molecule has 0 saturated heterocycles. The van der Waals surface area contributed by atoms with E-state index in [1.807, 2.05) is 54.6 Å². The van der Waals surface area contributed by atoms with E-state index in [-0.39, 0.29) is 0 Å². The van der Waals surface area contributed by atoms with E-state index in [0.717, 1.165) is 16.9 Å². The highest BCUT2D eigenvalue weighted by atomic mass is 35.5. The van der Waals surface area contributed by atoms with Gasteiger partial charge in [-0.1, -0.05) is 66.2 Å². The molecule has 1 N–H and O–H groups in total. The Morgan fingerprint density at radius 1 is 0.968 bits per heavy atom. The van der Waals surface area contributed by atoms with Crippen molar-refractivity contribution in [2.45, 2.75) is 19.6 Å². The molecule has 0 spiro atoms. The summed E-state index contributed by atoms with van der Waals surface area (Å²) in [5.74, 6) is -0.352. The Labute approximate surface area is 186 Å². The molecule has 0 heterocycles. The molecule has 3 aromatic rings. The molecule has 0 aromatic heterocycles. The Kier molecular flexibility index (Phi) is 7.85. The number of benzene rings is 3. The summed E-state index contributed by atoms with van der Waals surface area (Å²) in [5.41, 5.74) is 2.35. The fourth-order valence-electron chi connectivity index (χ4n) is 2.64. The molecular weight excluding hydrogens is 414 g/mol. The minimum Gasteiger partial charge on any atom is -0.489 e. The average Bonchev–Trinajstić information content (AvgIpc) is 2.79. The Morgan fingerprint density at radius 3 is 2.35 bits per heavy atom. The second-order valence-corrected chi connectivity index (χ2v) is 7.13. The number of halogens is 1. The summed E-state index contributed by atoms with van der Waals surface area (Å²) in [6, 6.07) is 24.0. The van der Waals surface area contributed by atoms with Crippen molar-refractivity contribution in [1.29, 1.82) is 0 Å². The first kappa shape index (κ1) is 22.1. The molecule has 0 aliphatic carbocycles. The Bertz CT molecular complexity index is 1050. The van der Waals surface area contributed by atoms with Crippen molar-refractivity contribution < 1.29 is 19.1 Å². The van der Waals surface area contributed by atoms with Crippen molar-refractivity contribution in [2.75, 3.05) is 5.32 Å². The van der Waals surface area contributed by atoms with Gasteiger partial charge in [-0.05, 0) is 48.4 Å². The summed E-state index contributed by atoms with van der Waals surface area (Å²) in [6.45, 7) is 1.98. The second kappa shape index (κ2) is 11.0. The van der Waals surface area contributed by atoms with E-state index in [0.29, 0.717) is 17.3 Å². The van der Waals surface area contributed by atoms with Crippen LogP contribution in [-0.4, -0.2) is 18.0 Å². The number of para-hydroxylation sites is 1.